The summed E-state index contributed by atoms with van der Waals surface area (Å²) in [6.45, 7) is 9.56. The Morgan fingerprint density at radius 3 is 2.40 bits per heavy atom. The Hall–Kier alpha value is -2.54. The van der Waals surface area contributed by atoms with Crippen LogP contribution in [0.3, 0.4) is 0 Å². The van der Waals surface area contributed by atoms with E-state index in [0.717, 1.165) is 30.9 Å². The van der Waals surface area contributed by atoms with Crippen LogP contribution in [0.1, 0.15) is 25.8 Å². The van der Waals surface area contributed by atoms with E-state index >= 15 is 0 Å². The third-order valence-corrected chi connectivity index (χ3v) is 3.26. The fraction of sp³-hybridized carbons (Fsp3) is 0.444. The summed E-state index contributed by atoms with van der Waals surface area (Å²) in [6.07, 6.45) is 3.84. The van der Waals surface area contributed by atoms with Gasteiger partial charge in [-0.3, -0.25) is 0 Å². The molecule has 1 aromatic carbocycles. The van der Waals surface area contributed by atoms with Crippen molar-refractivity contribution in [3.05, 3.63) is 36.4 Å². The lowest BCUT2D eigenvalue weighted by Gasteiger charge is -2.14. The van der Waals surface area contributed by atoms with Gasteiger partial charge in [-0.05, 0) is 37.5 Å². The van der Waals surface area contributed by atoms with Gasteiger partial charge >= 0.3 is 11.9 Å². The molecule has 1 aromatic rings. The second-order valence-corrected chi connectivity index (χ2v) is 5.20. The minimum absolute atomic E-state index is 0.528. The van der Waals surface area contributed by atoms with Crippen molar-refractivity contribution in [1.29, 1.82) is 0 Å². The van der Waals surface area contributed by atoms with Crippen LogP contribution in [0.5, 0.6) is 11.5 Å². The van der Waals surface area contributed by atoms with E-state index in [2.05, 4.69) is 25.7 Å². The number of carboxylic acid groups (broad SMARTS) is 2. The number of rotatable bonds is 9. The van der Waals surface area contributed by atoms with E-state index in [4.69, 9.17) is 29.3 Å². The van der Waals surface area contributed by atoms with Crippen molar-refractivity contribution in [2.75, 3.05) is 20.3 Å². The molecule has 0 spiro atoms. The highest BCUT2D eigenvalue weighted by Crippen LogP contribution is 2.28. The molecule has 1 unspecified atom stereocenters. The third-order valence-electron chi connectivity index (χ3n) is 3.26. The maximum atomic E-state index is 9.10. The highest BCUT2D eigenvalue weighted by atomic mass is 16.5. The number of ether oxygens (including phenoxy) is 2. The Morgan fingerprint density at radius 1 is 1.28 bits per heavy atom. The van der Waals surface area contributed by atoms with Crippen LogP contribution >= 0.6 is 0 Å². The SMILES string of the molecule is C=CCc1ccc(OCCNC(C)CC)c(OC)c1.O=C(O)C(=O)O. The Kier molecular flexibility index (Phi) is 11.5. The summed E-state index contributed by atoms with van der Waals surface area (Å²) in [6, 6.07) is 6.53. The first-order chi connectivity index (χ1) is 11.8. The molecule has 7 heteroatoms. The van der Waals surface area contributed by atoms with E-state index in [1.165, 1.54) is 5.56 Å². The predicted molar refractivity (Wildman–Crippen MR) is 95.4 cm³/mol. The number of carboxylic acids is 2. The number of carbonyl (C=O) groups is 2. The van der Waals surface area contributed by atoms with E-state index in [-0.39, 0.29) is 0 Å². The molecule has 0 saturated carbocycles. The predicted octanol–water partition coefficient (Wildman–Crippen LogP) is 2.35. The number of methoxy groups -OCH3 is 1. The molecule has 0 aliphatic carbocycles. The van der Waals surface area contributed by atoms with Crippen molar-refractivity contribution >= 4 is 11.9 Å². The Bertz CT molecular complexity index is 546. The van der Waals surface area contributed by atoms with Crippen LogP contribution in [-0.4, -0.2) is 48.5 Å². The van der Waals surface area contributed by atoms with Crippen LogP contribution in [-0.2, 0) is 16.0 Å². The summed E-state index contributed by atoms with van der Waals surface area (Å²) in [5, 5.41) is 18.2. The molecule has 0 heterocycles. The third kappa shape index (κ3) is 10.0. The molecule has 25 heavy (non-hydrogen) atoms. The zero-order chi connectivity index (χ0) is 19.2. The lowest BCUT2D eigenvalue weighted by molar-refractivity contribution is -0.159. The monoisotopic (exact) mass is 353 g/mol. The van der Waals surface area contributed by atoms with Gasteiger partial charge in [0.05, 0.1) is 7.11 Å². The molecular weight excluding hydrogens is 326 g/mol. The van der Waals surface area contributed by atoms with Gasteiger partial charge in [-0.1, -0.05) is 19.1 Å². The van der Waals surface area contributed by atoms with Crippen molar-refractivity contribution < 1.29 is 29.3 Å². The molecule has 1 rings (SSSR count). The van der Waals surface area contributed by atoms with Crippen molar-refractivity contribution in [2.24, 2.45) is 0 Å². The lowest BCUT2D eigenvalue weighted by Crippen LogP contribution is -2.29. The van der Waals surface area contributed by atoms with Crippen LogP contribution in [0.15, 0.2) is 30.9 Å². The fourth-order valence-corrected chi connectivity index (χ4v) is 1.74. The minimum Gasteiger partial charge on any atom is -0.493 e. The van der Waals surface area contributed by atoms with E-state index in [1.54, 1.807) is 7.11 Å². The van der Waals surface area contributed by atoms with Gasteiger partial charge < -0.3 is 25.0 Å². The topological polar surface area (TPSA) is 105 Å². The molecule has 0 amide bonds. The highest BCUT2D eigenvalue weighted by molar-refractivity contribution is 6.27. The number of aliphatic carboxylic acids is 2. The maximum Gasteiger partial charge on any atom is 0.414 e. The van der Waals surface area contributed by atoms with Gasteiger partial charge in [-0.25, -0.2) is 9.59 Å². The molecule has 0 saturated heterocycles. The van der Waals surface area contributed by atoms with Crippen LogP contribution < -0.4 is 14.8 Å². The Balaban J connectivity index is 0.000000823. The van der Waals surface area contributed by atoms with E-state index in [9.17, 15) is 0 Å². The average Bonchev–Trinajstić information content (AvgIpc) is 2.59. The normalized spacial score (nSPS) is 10.8. The number of hydrogen-bond donors (Lipinski definition) is 3. The van der Waals surface area contributed by atoms with Crippen molar-refractivity contribution in [1.82, 2.24) is 5.32 Å². The second-order valence-electron chi connectivity index (χ2n) is 5.20. The molecule has 0 aliphatic rings. The van der Waals surface area contributed by atoms with E-state index in [1.807, 2.05) is 24.3 Å². The summed E-state index contributed by atoms with van der Waals surface area (Å²) < 4.78 is 11.1. The molecule has 0 aliphatic heterocycles. The zero-order valence-electron chi connectivity index (χ0n) is 14.9. The number of hydrogen-bond acceptors (Lipinski definition) is 5. The quantitative estimate of drug-likeness (QED) is 0.355. The lowest BCUT2D eigenvalue weighted by atomic mass is 10.1. The standard InChI is InChI=1S/C16H25NO2.C2H2O4/c1-5-7-14-8-9-15(16(12-14)18-4)19-11-10-17-13(3)6-2;3-1(4)2(5)6/h5,8-9,12-13,17H,1,6-7,10-11H2,2-4H3;(H,3,4)(H,5,6). The number of nitrogens with one attached hydrogen (secondary N) is 1. The van der Waals surface area contributed by atoms with Crippen molar-refractivity contribution in [3.8, 4) is 11.5 Å². The summed E-state index contributed by atoms with van der Waals surface area (Å²) in [4.78, 5) is 18.2. The van der Waals surface area contributed by atoms with Gasteiger partial charge in [0.15, 0.2) is 11.5 Å². The van der Waals surface area contributed by atoms with E-state index in [0.29, 0.717) is 12.6 Å². The molecule has 3 N–H and O–H groups in total. The first-order valence-electron chi connectivity index (χ1n) is 7.95. The molecule has 1 atom stereocenters. The summed E-state index contributed by atoms with van der Waals surface area (Å²) in [7, 11) is 1.66. The Labute approximate surface area is 148 Å². The smallest absolute Gasteiger partial charge is 0.414 e. The van der Waals surface area contributed by atoms with Gasteiger partial charge in [-0.2, -0.15) is 0 Å². The minimum atomic E-state index is -1.82. The largest absolute Gasteiger partial charge is 0.493 e. The maximum absolute atomic E-state index is 9.10. The fourth-order valence-electron chi connectivity index (χ4n) is 1.74. The van der Waals surface area contributed by atoms with Gasteiger partial charge in [0.2, 0.25) is 0 Å². The van der Waals surface area contributed by atoms with Crippen molar-refractivity contribution in [3.63, 3.8) is 0 Å². The molecular formula is C18H27NO6. The van der Waals surface area contributed by atoms with E-state index < -0.39 is 11.9 Å². The summed E-state index contributed by atoms with van der Waals surface area (Å²) >= 11 is 0. The second kappa shape index (κ2) is 12.8. The van der Waals surface area contributed by atoms with Crippen LogP contribution in [0, 0.1) is 0 Å². The molecule has 7 nitrogen and oxygen atoms in total. The van der Waals surface area contributed by atoms with Crippen LogP contribution in [0.2, 0.25) is 0 Å². The highest BCUT2D eigenvalue weighted by Gasteiger charge is 2.05. The molecule has 0 fully saturated rings. The molecule has 0 aromatic heterocycles. The number of allylic oxidation sites excluding steroid dienone is 1. The number of benzene rings is 1. The van der Waals surface area contributed by atoms with Gasteiger partial charge in [0, 0.05) is 12.6 Å². The van der Waals surface area contributed by atoms with Crippen LogP contribution in [0.4, 0.5) is 0 Å². The average molecular weight is 353 g/mol. The molecule has 0 radical (unpaired) electrons. The summed E-state index contributed by atoms with van der Waals surface area (Å²) in [5.41, 5.74) is 1.18. The first kappa shape index (κ1) is 22.5. The molecule has 0 bridgehead atoms. The van der Waals surface area contributed by atoms with Crippen LogP contribution in [0.25, 0.3) is 0 Å². The zero-order valence-corrected chi connectivity index (χ0v) is 14.9. The van der Waals surface area contributed by atoms with Gasteiger partial charge in [0.1, 0.15) is 6.61 Å². The van der Waals surface area contributed by atoms with Gasteiger partial charge in [-0.15, -0.1) is 6.58 Å². The first-order valence-corrected chi connectivity index (χ1v) is 7.95. The van der Waals surface area contributed by atoms with Gasteiger partial charge in [0.25, 0.3) is 0 Å². The van der Waals surface area contributed by atoms with Crippen molar-refractivity contribution in [2.45, 2.75) is 32.7 Å². The summed E-state index contributed by atoms with van der Waals surface area (Å²) in [5.74, 6) is -2.07. The Morgan fingerprint density at radius 2 is 1.92 bits per heavy atom. The molecule has 140 valence electrons.